The van der Waals surface area contributed by atoms with E-state index in [0.29, 0.717) is 18.3 Å². The maximum atomic E-state index is 12.1. The molecular weight excluding hydrogens is 286 g/mol. The highest BCUT2D eigenvalue weighted by molar-refractivity contribution is 5.76. The van der Waals surface area contributed by atoms with E-state index in [0.717, 1.165) is 26.1 Å². The lowest BCUT2D eigenvalue weighted by molar-refractivity contribution is -0.123. The third kappa shape index (κ3) is 5.63. The number of carbonyl (C=O) groups excluding carboxylic acids is 1. The van der Waals surface area contributed by atoms with Gasteiger partial charge < -0.3 is 11.1 Å². The van der Waals surface area contributed by atoms with Gasteiger partial charge in [0.05, 0.1) is 0 Å². The fraction of sp³-hybridized carbons (Fsp3) is 0.632. The first-order chi connectivity index (χ1) is 11.0. The molecule has 1 aliphatic rings. The van der Waals surface area contributed by atoms with Crippen LogP contribution in [0.2, 0.25) is 0 Å². The van der Waals surface area contributed by atoms with Gasteiger partial charge in [0.25, 0.3) is 0 Å². The molecule has 0 aliphatic carbocycles. The molecule has 1 fully saturated rings. The lowest BCUT2D eigenvalue weighted by Crippen LogP contribution is -2.54. The van der Waals surface area contributed by atoms with Gasteiger partial charge in [0.15, 0.2) is 0 Å². The molecule has 4 nitrogen and oxygen atoms in total. The van der Waals surface area contributed by atoms with Crippen LogP contribution in [0, 0.1) is 11.8 Å². The van der Waals surface area contributed by atoms with Gasteiger partial charge in [-0.25, -0.2) is 0 Å². The lowest BCUT2D eigenvalue weighted by Gasteiger charge is -2.41. The van der Waals surface area contributed by atoms with Crippen LogP contribution in [-0.4, -0.2) is 36.0 Å². The molecule has 3 unspecified atom stereocenters. The standard InChI is InChI=1S/C19H31N3O/c1-14-11-22(13-17-7-5-4-6-8-17)12-15(2)19(14)21-18(23)10-9-16(3)20/h4-8,14-16,19H,9-13,20H2,1-3H3,(H,21,23). The highest BCUT2D eigenvalue weighted by atomic mass is 16.1. The molecule has 0 spiro atoms. The fourth-order valence-corrected chi connectivity index (χ4v) is 3.55. The molecule has 0 aromatic heterocycles. The van der Waals surface area contributed by atoms with Crippen LogP contribution in [0.15, 0.2) is 30.3 Å². The van der Waals surface area contributed by atoms with E-state index < -0.39 is 0 Å². The van der Waals surface area contributed by atoms with Gasteiger partial charge in [-0.3, -0.25) is 9.69 Å². The Morgan fingerprint density at radius 1 is 1.26 bits per heavy atom. The predicted octanol–water partition coefficient (Wildman–Crippen LogP) is 2.39. The Morgan fingerprint density at radius 2 is 1.87 bits per heavy atom. The minimum atomic E-state index is 0.0864. The minimum absolute atomic E-state index is 0.0864. The zero-order valence-electron chi connectivity index (χ0n) is 14.7. The Bertz CT molecular complexity index is 477. The molecule has 1 saturated heterocycles. The fourth-order valence-electron chi connectivity index (χ4n) is 3.55. The Kier molecular flexibility index (Phi) is 6.60. The normalized spacial score (nSPS) is 26.7. The quantitative estimate of drug-likeness (QED) is 0.847. The van der Waals surface area contributed by atoms with Crippen molar-refractivity contribution in [2.24, 2.45) is 17.6 Å². The summed E-state index contributed by atoms with van der Waals surface area (Å²) in [5.41, 5.74) is 7.09. The first-order valence-corrected chi connectivity index (χ1v) is 8.77. The molecule has 23 heavy (non-hydrogen) atoms. The summed E-state index contributed by atoms with van der Waals surface area (Å²) in [6.07, 6.45) is 1.28. The number of nitrogens with zero attached hydrogens (tertiary/aromatic N) is 1. The Morgan fingerprint density at radius 3 is 2.43 bits per heavy atom. The van der Waals surface area contributed by atoms with Crippen molar-refractivity contribution in [3.05, 3.63) is 35.9 Å². The number of amides is 1. The topological polar surface area (TPSA) is 58.4 Å². The van der Waals surface area contributed by atoms with Gasteiger partial charge in [0, 0.05) is 38.1 Å². The number of hydrogen-bond donors (Lipinski definition) is 2. The molecule has 1 aromatic rings. The van der Waals surface area contributed by atoms with E-state index in [1.807, 2.05) is 6.92 Å². The third-order valence-electron chi connectivity index (χ3n) is 4.72. The largest absolute Gasteiger partial charge is 0.353 e. The van der Waals surface area contributed by atoms with E-state index in [9.17, 15) is 4.79 Å². The number of rotatable bonds is 6. The van der Waals surface area contributed by atoms with Crippen molar-refractivity contribution < 1.29 is 4.79 Å². The predicted molar refractivity (Wildman–Crippen MR) is 94.9 cm³/mol. The van der Waals surface area contributed by atoms with Crippen molar-refractivity contribution in [3.8, 4) is 0 Å². The lowest BCUT2D eigenvalue weighted by atomic mass is 9.85. The second-order valence-corrected chi connectivity index (χ2v) is 7.24. The van der Waals surface area contributed by atoms with Crippen molar-refractivity contribution in [2.75, 3.05) is 13.1 Å². The van der Waals surface area contributed by atoms with Crippen LogP contribution in [0.4, 0.5) is 0 Å². The first-order valence-electron chi connectivity index (χ1n) is 8.77. The maximum absolute atomic E-state index is 12.1. The van der Waals surface area contributed by atoms with E-state index in [4.69, 9.17) is 5.73 Å². The number of likely N-dealkylation sites (tertiary alicyclic amines) is 1. The molecule has 0 bridgehead atoms. The highest BCUT2D eigenvalue weighted by Gasteiger charge is 2.32. The molecule has 3 atom stereocenters. The Balaban J connectivity index is 1.85. The SMILES string of the molecule is CC(N)CCC(=O)NC1C(C)CN(Cc2ccccc2)CC1C. The summed E-state index contributed by atoms with van der Waals surface area (Å²) in [5, 5.41) is 3.24. The van der Waals surface area contributed by atoms with Crippen LogP contribution in [-0.2, 0) is 11.3 Å². The van der Waals surface area contributed by atoms with Crippen LogP contribution in [0.5, 0.6) is 0 Å². The molecule has 128 valence electrons. The van der Waals surface area contributed by atoms with Crippen molar-refractivity contribution in [1.82, 2.24) is 10.2 Å². The number of piperidine rings is 1. The minimum Gasteiger partial charge on any atom is -0.353 e. The molecule has 2 rings (SSSR count). The summed E-state index contributed by atoms with van der Waals surface area (Å²) in [7, 11) is 0. The summed E-state index contributed by atoms with van der Waals surface area (Å²) in [4.78, 5) is 14.6. The van der Waals surface area contributed by atoms with Crippen molar-refractivity contribution in [3.63, 3.8) is 0 Å². The molecule has 1 heterocycles. The summed E-state index contributed by atoms with van der Waals surface area (Å²) in [5.74, 6) is 1.06. The van der Waals surface area contributed by atoms with Gasteiger partial charge in [-0.05, 0) is 30.7 Å². The smallest absolute Gasteiger partial charge is 0.220 e. The molecule has 3 N–H and O–H groups in total. The average Bonchev–Trinajstić information content (AvgIpc) is 2.50. The van der Waals surface area contributed by atoms with E-state index in [-0.39, 0.29) is 18.0 Å². The molecule has 0 radical (unpaired) electrons. The van der Waals surface area contributed by atoms with Crippen LogP contribution in [0.25, 0.3) is 0 Å². The van der Waals surface area contributed by atoms with Crippen LogP contribution in [0.3, 0.4) is 0 Å². The molecule has 1 aliphatic heterocycles. The molecular formula is C19H31N3O. The van der Waals surface area contributed by atoms with Crippen molar-refractivity contribution >= 4 is 5.91 Å². The van der Waals surface area contributed by atoms with Crippen LogP contribution < -0.4 is 11.1 Å². The number of carbonyl (C=O) groups is 1. The summed E-state index contributed by atoms with van der Waals surface area (Å²) < 4.78 is 0. The van der Waals surface area contributed by atoms with Gasteiger partial charge in [-0.2, -0.15) is 0 Å². The average molecular weight is 317 g/mol. The highest BCUT2D eigenvalue weighted by Crippen LogP contribution is 2.23. The molecule has 1 aromatic carbocycles. The zero-order valence-corrected chi connectivity index (χ0v) is 14.7. The van der Waals surface area contributed by atoms with Gasteiger partial charge in [0.2, 0.25) is 5.91 Å². The van der Waals surface area contributed by atoms with E-state index >= 15 is 0 Å². The van der Waals surface area contributed by atoms with Gasteiger partial charge in [-0.15, -0.1) is 0 Å². The van der Waals surface area contributed by atoms with Crippen molar-refractivity contribution in [1.29, 1.82) is 0 Å². The van der Waals surface area contributed by atoms with Gasteiger partial charge in [0.1, 0.15) is 0 Å². The van der Waals surface area contributed by atoms with Crippen LogP contribution >= 0.6 is 0 Å². The second-order valence-electron chi connectivity index (χ2n) is 7.24. The van der Waals surface area contributed by atoms with Crippen molar-refractivity contribution in [2.45, 2.75) is 52.2 Å². The van der Waals surface area contributed by atoms with Crippen LogP contribution in [0.1, 0.15) is 39.2 Å². The van der Waals surface area contributed by atoms with E-state index in [1.54, 1.807) is 0 Å². The maximum Gasteiger partial charge on any atom is 0.220 e. The number of hydrogen-bond acceptors (Lipinski definition) is 3. The number of nitrogens with one attached hydrogen (secondary N) is 1. The number of nitrogens with two attached hydrogens (primary N) is 1. The van der Waals surface area contributed by atoms with Gasteiger partial charge >= 0.3 is 0 Å². The molecule has 1 amide bonds. The van der Waals surface area contributed by atoms with E-state index in [1.165, 1.54) is 5.56 Å². The third-order valence-corrected chi connectivity index (χ3v) is 4.72. The van der Waals surface area contributed by atoms with E-state index in [2.05, 4.69) is 54.4 Å². The second kappa shape index (κ2) is 8.46. The Hall–Kier alpha value is -1.39. The molecule has 4 heteroatoms. The molecule has 0 saturated carbocycles. The monoisotopic (exact) mass is 317 g/mol. The summed E-state index contributed by atoms with van der Waals surface area (Å²) in [6, 6.07) is 10.9. The summed E-state index contributed by atoms with van der Waals surface area (Å²) >= 11 is 0. The zero-order chi connectivity index (χ0) is 16.8. The number of benzene rings is 1. The van der Waals surface area contributed by atoms with Gasteiger partial charge in [-0.1, -0.05) is 44.2 Å². The first kappa shape index (κ1) is 18.0. The summed E-state index contributed by atoms with van der Waals surface area (Å²) in [6.45, 7) is 9.46. The Labute approximate surface area is 140 Å².